The van der Waals surface area contributed by atoms with Gasteiger partial charge in [-0.15, -0.1) is 0 Å². The van der Waals surface area contributed by atoms with E-state index in [0.717, 1.165) is 5.76 Å². The molecule has 0 aliphatic carbocycles. The van der Waals surface area contributed by atoms with Gasteiger partial charge in [-0.1, -0.05) is 11.6 Å². The second-order valence-corrected chi connectivity index (χ2v) is 2.59. The quantitative estimate of drug-likeness (QED) is 0.674. The molecule has 0 aromatic carbocycles. The van der Waals surface area contributed by atoms with Crippen molar-refractivity contribution in [2.75, 3.05) is 0 Å². The minimum absolute atomic E-state index is 0.0152. The molecule has 0 amide bonds. The van der Waals surface area contributed by atoms with Gasteiger partial charge in [0.15, 0.2) is 5.78 Å². The van der Waals surface area contributed by atoms with Gasteiger partial charge in [-0.2, -0.15) is 0 Å². The molecule has 0 atom stereocenters. The van der Waals surface area contributed by atoms with Crippen LogP contribution in [0, 0.1) is 0 Å². The van der Waals surface area contributed by atoms with Gasteiger partial charge in [-0.05, 0) is 18.2 Å². The summed E-state index contributed by atoms with van der Waals surface area (Å²) in [5, 5.41) is 0. The highest BCUT2D eigenvalue weighted by atomic mass is 35.5. The third-order valence-corrected chi connectivity index (χ3v) is 1.57. The summed E-state index contributed by atoms with van der Waals surface area (Å²) in [6, 6.07) is 3.65. The number of ketones is 1. The van der Waals surface area contributed by atoms with Gasteiger partial charge in [0.25, 0.3) is 0 Å². The minimum Gasteiger partial charge on any atom is -0.469 e. The summed E-state index contributed by atoms with van der Waals surface area (Å²) in [5.74, 6) is 0.840. The van der Waals surface area contributed by atoms with Crippen LogP contribution in [0.4, 0.5) is 0 Å². The van der Waals surface area contributed by atoms with Crippen molar-refractivity contribution in [2.24, 2.45) is 0 Å². The lowest BCUT2D eigenvalue weighted by Crippen LogP contribution is -1.94. The number of hydrogen-bond acceptors (Lipinski definition) is 2. The van der Waals surface area contributed by atoms with Crippen LogP contribution >= 0.6 is 11.6 Å². The lowest BCUT2D eigenvalue weighted by atomic mass is 10.2. The Morgan fingerprint density at radius 3 is 3.08 bits per heavy atom. The maximum atomic E-state index is 10.9. The molecule has 1 heterocycles. The largest absolute Gasteiger partial charge is 0.469 e. The average Bonchev–Trinajstić information content (AvgIpc) is 2.53. The standard InChI is InChI=1S/C9H9ClO2/c10-6-5-8(11)3-4-9-2-1-7-12-9/h1-2,5-7H,3-4H2/b6-5+. The molecular weight excluding hydrogens is 176 g/mol. The van der Waals surface area contributed by atoms with E-state index < -0.39 is 0 Å². The molecule has 0 unspecified atom stereocenters. The molecule has 3 heteroatoms. The van der Waals surface area contributed by atoms with Gasteiger partial charge < -0.3 is 4.42 Å². The molecule has 64 valence electrons. The maximum Gasteiger partial charge on any atom is 0.157 e. The van der Waals surface area contributed by atoms with E-state index in [1.165, 1.54) is 11.6 Å². The van der Waals surface area contributed by atoms with Crippen molar-refractivity contribution in [2.45, 2.75) is 12.8 Å². The van der Waals surface area contributed by atoms with Gasteiger partial charge in [0.1, 0.15) is 5.76 Å². The van der Waals surface area contributed by atoms with E-state index in [-0.39, 0.29) is 5.78 Å². The van der Waals surface area contributed by atoms with E-state index in [1.54, 1.807) is 12.3 Å². The number of halogens is 1. The topological polar surface area (TPSA) is 30.2 Å². The molecule has 2 nitrogen and oxygen atoms in total. The molecule has 1 aromatic rings. The molecule has 0 bridgehead atoms. The van der Waals surface area contributed by atoms with Crippen molar-refractivity contribution < 1.29 is 9.21 Å². The van der Waals surface area contributed by atoms with E-state index >= 15 is 0 Å². The van der Waals surface area contributed by atoms with Crippen molar-refractivity contribution in [3.8, 4) is 0 Å². The first-order valence-corrected chi connectivity index (χ1v) is 4.08. The van der Waals surface area contributed by atoms with E-state index in [2.05, 4.69) is 0 Å². The Balaban J connectivity index is 2.31. The molecule has 0 spiro atoms. The number of carbonyl (C=O) groups excluding carboxylic acids is 1. The highest BCUT2D eigenvalue weighted by Gasteiger charge is 1.99. The highest BCUT2D eigenvalue weighted by molar-refractivity contribution is 6.26. The average molecular weight is 185 g/mol. The van der Waals surface area contributed by atoms with Gasteiger partial charge >= 0.3 is 0 Å². The molecule has 1 rings (SSSR count). The molecule has 1 aromatic heterocycles. The van der Waals surface area contributed by atoms with E-state index in [1.807, 2.05) is 6.07 Å². The van der Waals surface area contributed by atoms with Crippen molar-refractivity contribution >= 4 is 17.4 Å². The number of rotatable bonds is 4. The van der Waals surface area contributed by atoms with E-state index in [4.69, 9.17) is 16.0 Å². The number of hydrogen-bond donors (Lipinski definition) is 0. The summed E-state index contributed by atoms with van der Waals surface area (Å²) < 4.78 is 5.05. The lowest BCUT2D eigenvalue weighted by Gasteiger charge is -1.91. The fourth-order valence-electron chi connectivity index (χ4n) is 0.855. The number of aryl methyl sites for hydroxylation is 1. The third-order valence-electron chi connectivity index (χ3n) is 1.45. The van der Waals surface area contributed by atoms with Crippen LogP contribution in [-0.2, 0) is 11.2 Å². The second-order valence-electron chi connectivity index (χ2n) is 2.34. The predicted molar refractivity (Wildman–Crippen MR) is 47.0 cm³/mol. The Bertz CT molecular complexity index is 262. The summed E-state index contributed by atoms with van der Waals surface area (Å²) >= 11 is 5.23. The number of carbonyl (C=O) groups is 1. The molecule has 0 fully saturated rings. The lowest BCUT2D eigenvalue weighted by molar-refractivity contribution is -0.114. The first-order valence-electron chi connectivity index (χ1n) is 3.65. The fraction of sp³-hybridized carbons (Fsp3) is 0.222. The van der Waals surface area contributed by atoms with Crippen molar-refractivity contribution in [1.29, 1.82) is 0 Å². The van der Waals surface area contributed by atoms with Crippen LogP contribution in [-0.4, -0.2) is 5.78 Å². The van der Waals surface area contributed by atoms with Crippen LogP contribution in [0.2, 0.25) is 0 Å². The molecule has 12 heavy (non-hydrogen) atoms. The van der Waals surface area contributed by atoms with Crippen LogP contribution in [0.5, 0.6) is 0 Å². The first kappa shape index (κ1) is 9.07. The summed E-state index contributed by atoms with van der Waals surface area (Å²) in [5.41, 5.74) is 1.23. The monoisotopic (exact) mass is 184 g/mol. The van der Waals surface area contributed by atoms with Gasteiger partial charge in [0.05, 0.1) is 6.26 Å². The number of furan rings is 1. The predicted octanol–water partition coefficient (Wildman–Crippen LogP) is 2.53. The van der Waals surface area contributed by atoms with E-state index in [0.29, 0.717) is 12.8 Å². The fourth-order valence-corrected chi connectivity index (χ4v) is 0.995. The molecular formula is C9H9ClO2. The Morgan fingerprint density at radius 1 is 1.67 bits per heavy atom. The zero-order chi connectivity index (χ0) is 8.81. The normalized spacial score (nSPS) is 10.8. The molecule has 0 saturated heterocycles. The summed E-state index contributed by atoms with van der Waals surface area (Å²) in [4.78, 5) is 10.9. The number of allylic oxidation sites excluding steroid dienone is 1. The summed E-state index contributed by atoms with van der Waals surface area (Å²) in [7, 11) is 0. The zero-order valence-corrected chi connectivity index (χ0v) is 7.25. The van der Waals surface area contributed by atoms with Crippen LogP contribution < -0.4 is 0 Å². The van der Waals surface area contributed by atoms with Gasteiger partial charge in [-0.25, -0.2) is 0 Å². The Labute approximate surface area is 75.8 Å². The first-order chi connectivity index (χ1) is 5.83. The zero-order valence-electron chi connectivity index (χ0n) is 6.50. The van der Waals surface area contributed by atoms with Crippen LogP contribution in [0.15, 0.2) is 34.4 Å². The SMILES string of the molecule is O=C(/C=C/Cl)CCc1ccco1. The Morgan fingerprint density at radius 2 is 2.50 bits per heavy atom. The van der Waals surface area contributed by atoms with Crippen LogP contribution in [0.3, 0.4) is 0 Å². The van der Waals surface area contributed by atoms with Gasteiger partial charge in [0.2, 0.25) is 0 Å². The molecule has 0 aliphatic rings. The van der Waals surface area contributed by atoms with Gasteiger partial charge in [0, 0.05) is 18.4 Å². The summed E-state index contributed by atoms with van der Waals surface area (Å²) in [6.07, 6.45) is 4.02. The molecule has 0 saturated carbocycles. The Hall–Kier alpha value is -1.02. The third kappa shape index (κ3) is 2.93. The second kappa shape index (κ2) is 4.78. The molecule has 0 aliphatic heterocycles. The van der Waals surface area contributed by atoms with Crippen LogP contribution in [0.25, 0.3) is 0 Å². The van der Waals surface area contributed by atoms with Crippen LogP contribution in [0.1, 0.15) is 12.2 Å². The van der Waals surface area contributed by atoms with Crippen molar-refractivity contribution in [1.82, 2.24) is 0 Å². The molecule has 0 N–H and O–H groups in total. The maximum absolute atomic E-state index is 10.9. The molecule has 0 radical (unpaired) electrons. The highest BCUT2D eigenvalue weighted by Crippen LogP contribution is 2.04. The van der Waals surface area contributed by atoms with Crippen molar-refractivity contribution in [3.63, 3.8) is 0 Å². The minimum atomic E-state index is 0.0152. The summed E-state index contributed by atoms with van der Waals surface area (Å²) in [6.45, 7) is 0. The smallest absolute Gasteiger partial charge is 0.157 e. The van der Waals surface area contributed by atoms with Crippen molar-refractivity contribution in [3.05, 3.63) is 35.8 Å². The van der Waals surface area contributed by atoms with Gasteiger partial charge in [-0.3, -0.25) is 4.79 Å². The Kier molecular flexibility index (Phi) is 3.61. The van der Waals surface area contributed by atoms with E-state index in [9.17, 15) is 4.79 Å².